The molecule has 3 N–H and O–H groups in total. The molecule has 0 spiro atoms. The number of guanidine groups is 1. The highest BCUT2D eigenvalue weighted by molar-refractivity contribution is 5.77. The number of nitrogens with zero attached hydrogens (tertiary/aromatic N) is 2. The van der Waals surface area contributed by atoms with Gasteiger partial charge in [0.1, 0.15) is 0 Å². The zero-order valence-corrected chi connectivity index (χ0v) is 11.4. The molecule has 18 heavy (non-hydrogen) atoms. The predicted molar refractivity (Wildman–Crippen MR) is 73.7 cm³/mol. The molecule has 0 aliphatic carbocycles. The molecule has 2 heterocycles. The van der Waals surface area contributed by atoms with E-state index in [-0.39, 0.29) is 0 Å². The van der Waals surface area contributed by atoms with Crippen LogP contribution in [0.25, 0.3) is 0 Å². The fourth-order valence-corrected chi connectivity index (χ4v) is 2.66. The van der Waals surface area contributed by atoms with Crippen molar-refractivity contribution in [1.82, 2.24) is 10.2 Å². The Kier molecular flexibility index (Phi) is 5.26. The van der Waals surface area contributed by atoms with Crippen molar-refractivity contribution in [2.24, 2.45) is 16.6 Å². The molecule has 2 fully saturated rings. The first-order chi connectivity index (χ1) is 8.78. The lowest BCUT2D eigenvalue weighted by molar-refractivity contribution is 0.114. The number of likely N-dealkylation sites (tertiary alicyclic amines) is 1. The summed E-state index contributed by atoms with van der Waals surface area (Å²) in [5.74, 6) is 1.24. The van der Waals surface area contributed by atoms with Crippen LogP contribution in [-0.4, -0.2) is 56.3 Å². The van der Waals surface area contributed by atoms with E-state index in [1.54, 1.807) is 0 Å². The summed E-state index contributed by atoms with van der Waals surface area (Å²) in [6, 6.07) is 0. The van der Waals surface area contributed by atoms with Crippen LogP contribution in [0.5, 0.6) is 0 Å². The Morgan fingerprint density at radius 1 is 1.50 bits per heavy atom. The molecular formula is C13H26N4O. The van der Waals surface area contributed by atoms with E-state index in [1.807, 2.05) is 0 Å². The van der Waals surface area contributed by atoms with E-state index in [1.165, 1.54) is 25.9 Å². The summed E-state index contributed by atoms with van der Waals surface area (Å²) in [4.78, 5) is 6.91. The van der Waals surface area contributed by atoms with E-state index < -0.39 is 0 Å². The fraction of sp³-hybridized carbons (Fsp3) is 0.923. The number of rotatable bonds is 5. The second-order valence-corrected chi connectivity index (χ2v) is 5.29. The first-order valence-corrected chi connectivity index (χ1v) is 7.15. The third-order valence-corrected chi connectivity index (χ3v) is 3.87. The van der Waals surface area contributed by atoms with Crippen LogP contribution in [0.4, 0.5) is 0 Å². The van der Waals surface area contributed by atoms with Crippen molar-refractivity contribution < 1.29 is 4.74 Å². The van der Waals surface area contributed by atoms with Crippen LogP contribution in [-0.2, 0) is 4.74 Å². The molecule has 2 saturated heterocycles. The molecule has 2 unspecified atom stereocenters. The highest BCUT2D eigenvalue weighted by atomic mass is 16.5. The van der Waals surface area contributed by atoms with Crippen molar-refractivity contribution in [3.63, 3.8) is 0 Å². The number of hydrogen-bond acceptors (Lipinski definition) is 3. The quantitative estimate of drug-likeness (QED) is 0.551. The summed E-state index contributed by atoms with van der Waals surface area (Å²) in [7, 11) is 0. The Balaban J connectivity index is 1.62. The summed E-state index contributed by atoms with van der Waals surface area (Å²) in [5, 5.41) is 3.16. The van der Waals surface area contributed by atoms with Crippen LogP contribution in [0, 0.1) is 5.92 Å². The average Bonchev–Trinajstić information content (AvgIpc) is 3.04. The van der Waals surface area contributed by atoms with E-state index >= 15 is 0 Å². The Hall–Kier alpha value is -0.810. The van der Waals surface area contributed by atoms with E-state index in [9.17, 15) is 0 Å². The van der Waals surface area contributed by atoms with Crippen LogP contribution in [0.3, 0.4) is 0 Å². The van der Waals surface area contributed by atoms with E-state index in [4.69, 9.17) is 10.5 Å². The van der Waals surface area contributed by atoms with Gasteiger partial charge in [-0.25, -0.2) is 0 Å². The minimum absolute atomic E-state index is 0.320. The van der Waals surface area contributed by atoms with E-state index in [2.05, 4.69) is 22.1 Å². The zero-order valence-electron chi connectivity index (χ0n) is 11.4. The zero-order chi connectivity index (χ0) is 12.8. The minimum atomic E-state index is 0.320. The maximum atomic E-state index is 5.87. The van der Waals surface area contributed by atoms with Crippen molar-refractivity contribution >= 4 is 5.96 Å². The van der Waals surface area contributed by atoms with Gasteiger partial charge in [-0.1, -0.05) is 6.92 Å². The number of ether oxygens (including phenoxy) is 1. The molecular weight excluding hydrogens is 228 g/mol. The predicted octanol–water partition coefficient (Wildman–Crippen LogP) is 0.412. The number of nitrogens with two attached hydrogens (primary N) is 1. The monoisotopic (exact) mass is 254 g/mol. The van der Waals surface area contributed by atoms with Gasteiger partial charge in [0.05, 0.1) is 6.10 Å². The highest BCUT2D eigenvalue weighted by Gasteiger charge is 2.20. The summed E-state index contributed by atoms with van der Waals surface area (Å²) in [5.41, 5.74) is 5.87. The first-order valence-electron chi connectivity index (χ1n) is 7.15. The molecule has 2 rings (SSSR count). The van der Waals surface area contributed by atoms with Crippen LogP contribution in [0.1, 0.15) is 26.2 Å². The van der Waals surface area contributed by atoms with Crippen LogP contribution >= 0.6 is 0 Å². The van der Waals surface area contributed by atoms with Gasteiger partial charge in [0.25, 0.3) is 0 Å². The van der Waals surface area contributed by atoms with Gasteiger partial charge in [0, 0.05) is 26.2 Å². The van der Waals surface area contributed by atoms with Crippen LogP contribution < -0.4 is 11.1 Å². The molecule has 0 aromatic rings. The molecule has 2 aliphatic heterocycles. The molecule has 0 saturated carbocycles. The molecule has 0 bridgehead atoms. The lowest BCUT2D eigenvalue weighted by atomic mass is 10.1. The molecule has 0 radical (unpaired) electrons. The standard InChI is InChI=1S/C13H26N4O/c1-2-17-6-5-11(10-17)8-15-13(14)16-9-12-4-3-7-18-12/h11-12H,2-10H2,1H3,(H3,14,15,16). The number of hydrogen-bond donors (Lipinski definition) is 2. The van der Waals surface area contributed by atoms with Gasteiger partial charge >= 0.3 is 0 Å². The average molecular weight is 254 g/mol. The summed E-state index contributed by atoms with van der Waals surface area (Å²) >= 11 is 0. The lowest BCUT2D eigenvalue weighted by Gasteiger charge is -2.13. The van der Waals surface area contributed by atoms with Crippen molar-refractivity contribution in [2.75, 3.05) is 39.3 Å². The molecule has 5 nitrogen and oxygen atoms in total. The minimum Gasteiger partial charge on any atom is -0.376 e. The summed E-state index contributed by atoms with van der Waals surface area (Å²) in [6.07, 6.45) is 3.86. The molecule has 0 amide bonds. The van der Waals surface area contributed by atoms with E-state index in [0.29, 0.717) is 18.0 Å². The number of nitrogens with one attached hydrogen (secondary N) is 1. The molecule has 0 aromatic carbocycles. The van der Waals surface area contributed by atoms with Gasteiger partial charge in [0.2, 0.25) is 0 Å². The van der Waals surface area contributed by atoms with Crippen LogP contribution in [0.15, 0.2) is 4.99 Å². The largest absolute Gasteiger partial charge is 0.376 e. The Morgan fingerprint density at radius 2 is 2.39 bits per heavy atom. The van der Waals surface area contributed by atoms with Gasteiger partial charge in [-0.2, -0.15) is 0 Å². The van der Waals surface area contributed by atoms with E-state index in [0.717, 1.165) is 32.7 Å². The molecule has 5 heteroatoms. The summed E-state index contributed by atoms with van der Waals surface area (Å²) in [6.45, 7) is 8.26. The second kappa shape index (κ2) is 6.95. The Labute approximate surface area is 110 Å². The Morgan fingerprint density at radius 3 is 3.06 bits per heavy atom. The van der Waals surface area contributed by atoms with Gasteiger partial charge in [-0.15, -0.1) is 0 Å². The number of aliphatic imine (C=N–C) groups is 1. The van der Waals surface area contributed by atoms with Crippen LogP contribution in [0.2, 0.25) is 0 Å². The molecule has 2 atom stereocenters. The third kappa shape index (κ3) is 4.14. The third-order valence-electron chi connectivity index (χ3n) is 3.87. The normalized spacial score (nSPS) is 29.9. The molecule has 2 aliphatic rings. The highest BCUT2D eigenvalue weighted by Crippen LogP contribution is 2.15. The first kappa shape index (κ1) is 13.6. The van der Waals surface area contributed by atoms with Gasteiger partial charge < -0.3 is 20.7 Å². The van der Waals surface area contributed by atoms with Crippen molar-refractivity contribution in [1.29, 1.82) is 0 Å². The van der Waals surface area contributed by atoms with Gasteiger partial charge in [-0.3, -0.25) is 4.99 Å². The lowest BCUT2D eigenvalue weighted by Crippen LogP contribution is -2.37. The smallest absolute Gasteiger partial charge is 0.188 e. The topological polar surface area (TPSA) is 62.9 Å². The fourth-order valence-electron chi connectivity index (χ4n) is 2.66. The SMILES string of the molecule is CCN1CCC(CN=C(N)NCC2CCCO2)C1. The van der Waals surface area contributed by atoms with Crippen molar-refractivity contribution in [3.8, 4) is 0 Å². The van der Waals surface area contributed by atoms with Crippen molar-refractivity contribution in [3.05, 3.63) is 0 Å². The molecule has 0 aromatic heterocycles. The van der Waals surface area contributed by atoms with Gasteiger partial charge in [0.15, 0.2) is 5.96 Å². The van der Waals surface area contributed by atoms with Crippen molar-refractivity contribution in [2.45, 2.75) is 32.3 Å². The van der Waals surface area contributed by atoms with Gasteiger partial charge in [-0.05, 0) is 38.3 Å². The Bertz CT molecular complexity index is 276. The summed E-state index contributed by atoms with van der Waals surface area (Å²) < 4.78 is 5.53. The maximum absolute atomic E-state index is 5.87. The maximum Gasteiger partial charge on any atom is 0.188 e. The molecule has 104 valence electrons. The second-order valence-electron chi connectivity index (χ2n) is 5.29.